The lowest BCUT2D eigenvalue weighted by Gasteiger charge is -2.23. The van der Waals surface area contributed by atoms with E-state index in [0.29, 0.717) is 6.54 Å². The van der Waals surface area contributed by atoms with Crippen molar-refractivity contribution in [1.29, 1.82) is 0 Å². The van der Waals surface area contributed by atoms with Crippen LogP contribution < -0.4 is 4.90 Å². The smallest absolute Gasteiger partial charge is 0.0791 e. The first-order valence-corrected chi connectivity index (χ1v) is 5.60. The first-order chi connectivity index (χ1) is 7.22. The van der Waals surface area contributed by atoms with Crippen molar-refractivity contribution in [3.8, 4) is 12.3 Å². The average molecular weight is 268 g/mol. The normalized spacial score (nSPS) is 9.73. The quantitative estimate of drug-likeness (QED) is 0.848. The zero-order valence-electron chi connectivity index (χ0n) is 8.70. The summed E-state index contributed by atoms with van der Waals surface area (Å²) in [6.07, 6.45) is 5.30. The Morgan fingerprint density at radius 1 is 1.53 bits per heavy atom. The zero-order valence-corrected chi connectivity index (χ0v) is 10.3. The standard InChI is InChI=1S/C12H14BrNO/c1-3-7-14(4-2)12-6-5-11(13)8-10(12)9-15/h1,5-6,8,15H,4,7,9H2,2H3. The first kappa shape index (κ1) is 12.1. The summed E-state index contributed by atoms with van der Waals surface area (Å²) in [5.41, 5.74) is 1.89. The van der Waals surface area contributed by atoms with Crippen LogP contribution in [0.15, 0.2) is 22.7 Å². The largest absolute Gasteiger partial charge is 0.392 e. The first-order valence-electron chi connectivity index (χ1n) is 4.80. The van der Waals surface area contributed by atoms with E-state index >= 15 is 0 Å². The molecule has 0 aromatic heterocycles. The van der Waals surface area contributed by atoms with Gasteiger partial charge in [0.25, 0.3) is 0 Å². The molecular formula is C12H14BrNO. The molecule has 0 saturated carbocycles. The van der Waals surface area contributed by atoms with Crippen LogP contribution >= 0.6 is 15.9 Å². The fourth-order valence-electron chi connectivity index (χ4n) is 1.47. The molecule has 0 saturated heterocycles. The van der Waals surface area contributed by atoms with Crippen LogP contribution in [-0.2, 0) is 6.61 Å². The van der Waals surface area contributed by atoms with Crippen LogP contribution in [0.1, 0.15) is 12.5 Å². The highest BCUT2D eigenvalue weighted by Gasteiger charge is 2.08. The molecule has 0 amide bonds. The second kappa shape index (κ2) is 5.79. The Morgan fingerprint density at radius 3 is 2.80 bits per heavy atom. The van der Waals surface area contributed by atoms with E-state index in [-0.39, 0.29) is 6.61 Å². The predicted molar refractivity (Wildman–Crippen MR) is 66.8 cm³/mol. The molecule has 0 atom stereocenters. The molecule has 0 bridgehead atoms. The molecule has 0 radical (unpaired) electrons. The summed E-state index contributed by atoms with van der Waals surface area (Å²) in [4.78, 5) is 2.05. The minimum Gasteiger partial charge on any atom is -0.392 e. The van der Waals surface area contributed by atoms with E-state index in [9.17, 15) is 5.11 Å². The molecule has 15 heavy (non-hydrogen) atoms. The molecule has 0 aliphatic heterocycles. The summed E-state index contributed by atoms with van der Waals surface area (Å²) in [6.45, 7) is 3.46. The molecule has 1 aromatic rings. The molecule has 3 heteroatoms. The fraction of sp³-hybridized carbons (Fsp3) is 0.333. The molecule has 80 valence electrons. The Hall–Kier alpha value is -0.980. The summed E-state index contributed by atoms with van der Waals surface area (Å²) >= 11 is 3.38. The fourth-order valence-corrected chi connectivity index (χ4v) is 1.88. The molecule has 0 fully saturated rings. The van der Waals surface area contributed by atoms with Gasteiger partial charge in [-0.1, -0.05) is 21.9 Å². The zero-order chi connectivity index (χ0) is 11.3. The van der Waals surface area contributed by atoms with Crippen LogP contribution in [0.3, 0.4) is 0 Å². The number of rotatable bonds is 4. The van der Waals surface area contributed by atoms with Gasteiger partial charge >= 0.3 is 0 Å². The van der Waals surface area contributed by atoms with Crippen molar-refractivity contribution < 1.29 is 5.11 Å². The van der Waals surface area contributed by atoms with Crippen LogP contribution in [0.2, 0.25) is 0 Å². The Bertz CT molecular complexity index is 370. The maximum atomic E-state index is 9.26. The van der Waals surface area contributed by atoms with E-state index in [1.165, 1.54) is 0 Å². The molecular weight excluding hydrogens is 254 g/mol. The Kier molecular flexibility index (Phi) is 4.67. The summed E-state index contributed by atoms with van der Waals surface area (Å²) < 4.78 is 0.965. The van der Waals surface area contributed by atoms with Crippen molar-refractivity contribution in [1.82, 2.24) is 0 Å². The van der Waals surface area contributed by atoms with Gasteiger partial charge in [0, 0.05) is 22.3 Å². The van der Waals surface area contributed by atoms with Crippen LogP contribution in [0, 0.1) is 12.3 Å². The van der Waals surface area contributed by atoms with Gasteiger partial charge in [-0.15, -0.1) is 6.42 Å². The number of benzene rings is 1. The number of nitrogens with zero attached hydrogens (tertiary/aromatic N) is 1. The summed E-state index contributed by atoms with van der Waals surface area (Å²) in [6, 6.07) is 5.83. The number of terminal acetylenes is 1. The highest BCUT2D eigenvalue weighted by molar-refractivity contribution is 9.10. The highest BCUT2D eigenvalue weighted by atomic mass is 79.9. The van der Waals surface area contributed by atoms with Crippen LogP contribution in [0.4, 0.5) is 5.69 Å². The van der Waals surface area contributed by atoms with Gasteiger partial charge in [0.1, 0.15) is 0 Å². The second-order valence-corrected chi connectivity index (χ2v) is 4.07. The predicted octanol–water partition coefficient (Wildman–Crippen LogP) is 2.40. The topological polar surface area (TPSA) is 23.5 Å². The van der Waals surface area contributed by atoms with Gasteiger partial charge in [0.15, 0.2) is 0 Å². The maximum Gasteiger partial charge on any atom is 0.0791 e. The molecule has 0 unspecified atom stereocenters. The third-order valence-electron chi connectivity index (χ3n) is 2.22. The number of hydrogen-bond donors (Lipinski definition) is 1. The van der Waals surface area contributed by atoms with E-state index in [1.807, 2.05) is 25.1 Å². The lowest BCUT2D eigenvalue weighted by atomic mass is 10.1. The van der Waals surface area contributed by atoms with Gasteiger partial charge in [-0.2, -0.15) is 0 Å². The molecule has 0 aliphatic rings. The van der Waals surface area contributed by atoms with Crippen LogP contribution in [0.25, 0.3) is 0 Å². The SMILES string of the molecule is C#CCN(CC)c1ccc(Br)cc1CO. The van der Waals surface area contributed by atoms with Crippen LogP contribution in [-0.4, -0.2) is 18.2 Å². The summed E-state index contributed by atoms with van der Waals surface area (Å²) in [7, 11) is 0. The number of anilines is 1. The van der Waals surface area contributed by atoms with Gasteiger partial charge < -0.3 is 10.0 Å². The third kappa shape index (κ3) is 2.98. The van der Waals surface area contributed by atoms with Crippen LogP contribution in [0.5, 0.6) is 0 Å². The van der Waals surface area contributed by atoms with E-state index in [0.717, 1.165) is 22.3 Å². The van der Waals surface area contributed by atoms with Crippen molar-refractivity contribution in [3.05, 3.63) is 28.2 Å². The van der Waals surface area contributed by atoms with Crippen molar-refractivity contribution in [3.63, 3.8) is 0 Å². The van der Waals surface area contributed by atoms with Gasteiger partial charge in [-0.3, -0.25) is 0 Å². The van der Waals surface area contributed by atoms with Crippen molar-refractivity contribution in [2.45, 2.75) is 13.5 Å². The van der Waals surface area contributed by atoms with E-state index in [1.54, 1.807) is 0 Å². The van der Waals surface area contributed by atoms with E-state index in [2.05, 4.69) is 26.8 Å². The van der Waals surface area contributed by atoms with Gasteiger partial charge in [-0.25, -0.2) is 0 Å². The second-order valence-electron chi connectivity index (χ2n) is 3.15. The molecule has 0 aliphatic carbocycles. The van der Waals surface area contributed by atoms with Gasteiger partial charge in [-0.05, 0) is 25.1 Å². The average Bonchev–Trinajstić information content (AvgIpc) is 2.26. The molecule has 2 nitrogen and oxygen atoms in total. The van der Waals surface area contributed by atoms with E-state index < -0.39 is 0 Å². The van der Waals surface area contributed by atoms with Crippen molar-refractivity contribution >= 4 is 21.6 Å². The van der Waals surface area contributed by atoms with Gasteiger partial charge in [0.2, 0.25) is 0 Å². The van der Waals surface area contributed by atoms with Crippen molar-refractivity contribution in [2.24, 2.45) is 0 Å². The number of hydrogen-bond acceptors (Lipinski definition) is 2. The number of aliphatic hydroxyl groups excluding tert-OH is 1. The molecule has 0 spiro atoms. The molecule has 1 N–H and O–H groups in total. The molecule has 1 rings (SSSR count). The molecule has 0 heterocycles. The lowest BCUT2D eigenvalue weighted by Crippen LogP contribution is -2.24. The minimum absolute atomic E-state index is 0.0237. The highest BCUT2D eigenvalue weighted by Crippen LogP contribution is 2.24. The Balaban J connectivity index is 3.06. The summed E-state index contributed by atoms with van der Waals surface area (Å²) in [5, 5.41) is 9.26. The van der Waals surface area contributed by atoms with E-state index in [4.69, 9.17) is 6.42 Å². The third-order valence-corrected chi connectivity index (χ3v) is 2.71. The Labute approximate surface area is 99.0 Å². The number of halogens is 1. The lowest BCUT2D eigenvalue weighted by molar-refractivity contribution is 0.282. The monoisotopic (exact) mass is 267 g/mol. The molecule has 1 aromatic carbocycles. The maximum absolute atomic E-state index is 9.26. The summed E-state index contributed by atoms with van der Waals surface area (Å²) in [5.74, 6) is 2.62. The number of aliphatic hydroxyl groups is 1. The minimum atomic E-state index is 0.0237. The van der Waals surface area contributed by atoms with Gasteiger partial charge in [0.05, 0.1) is 13.2 Å². The van der Waals surface area contributed by atoms with Crippen molar-refractivity contribution in [2.75, 3.05) is 18.0 Å². The Morgan fingerprint density at radius 2 is 2.27 bits per heavy atom.